The molecular weight excluding hydrogens is 240 g/mol. The summed E-state index contributed by atoms with van der Waals surface area (Å²) in [6.07, 6.45) is 7.65. The van der Waals surface area contributed by atoms with E-state index in [0.29, 0.717) is 6.04 Å². The minimum atomic E-state index is 0.527. The number of thiophene rings is 1. The Labute approximate surface area is 112 Å². The van der Waals surface area contributed by atoms with E-state index in [2.05, 4.69) is 34.7 Å². The van der Waals surface area contributed by atoms with Gasteiger partial charge in [0.15, 0.2) is 0 Å². The van der Waals surface area contributed by atoms with Gasteiger partial charge in [-0.05, 0) is 60.4 Å². The summed E-state index contributed by atoms with van der Waals surface area (Å²) in [5.74, 6) is 0. The highest BCUT2D eigenvalue weighted by molar-refractivity contribution is 7.10. The van der Waals surface area contributed by atoms with Gasteiger partial charge in [0.1, 0.15) is 0 Å². The molecule has 0 saturated heterocycles. The Kier molecular flexibility index (Phi) is 3.43. The number of aryl methyl sites for hydroxylation is 2. The maximum atomic E-state index is 4.21. The monoisotopic (exact) mass is 258 g/mol. The molecule has 2 aromatic heterocycles. The molecule has 1 atom stereocenters. The quantitative estimate of drug-likeness (QED) is 0.909. The van der Waals surface area contributed by atoms with E-state index in [9.17, 15) is 0 Å². The molecule has 1 aliphatic rings. The molecule has 18 heavy (non-hydrogen) atoms. The summed E-state index contributed by atoms with van der Waals surface area (Å²) < 4.78 is 0. The van der Waals surface area contributed by atoms with Crippen molar-refractivity contribution in [3.05, 3.63) is 51.5 Å². The standard InChI is InChI=1S/C15H18N2S/c1-11-5-7-16-9-12(11)10-17-14-3-2-4-15-13(14)6-8-18-15/h5-9,14,17H,2-4,10H2,1H3. The van der Waals surface area contributed by atoms with Crippen molar-refractivity contribution >= 4 is 11.3 Å². The molecule has 94 valence electrons. The highest BCUT2D eigenvalue weighted by Crippen LogP contribution is 2.33. The molecule has 3 heteroatoms. The third kappa shape index (κ3) is 2.33. The van der Waals surface area contributed by atoms with Crippen molar-refractivity contribution in [1.82, 2.24) is 10.3 Å². The van der Waals surface area contributed by atoms with Crippen LogP contribution in [-0.2, 0) is 13.0 Å². The third-order valence-corrected chi connectivity index (χ3v) is 4.73. The second kappa shape index (κ2) is 5.21. The van der Waals surface area contributed by atoms with Crippen LogP contribution in [0.3, 0.4) is 0 Å². The smallest absolute Gasteiger partial charge is 0.0334 e. The van der Waals surface area contributed by atoms with Crippen LogP contribution in [0.4, 0.5) is 0 Å². The predicted molar refractivity (Wildman–Crippen MR) is 75.8 cm³/mol. The molecule has 2 nitrogen and oxygen atoms in total. The second-order valence-electron chi connectivity index (χ2n) is 4.93. The number of pyridine rings is 1. The fourth-order valence-corrected chi connectivity index (χ4v) is 3.60. The van der Waals surface area contributed by atoms with Crippen LogP contribution >= 0.6 is 11.3 Å². The zero-order valence-electron chi connectivity index (χ0n) is 10.6. The summed E-state index contributed by atoms with van der Waals surface area (Å²) >= 11 is 1.90. The number of fused-ring (bicyclic) bond motifs is 1. The lowest BCUT2D eigenvalue weighted by atomic mass is 9.94. The van der Waals surface area contributed by atoms with E-state index in [4.69, 9.17) is 0 Å². The topological polar surface area (TPSA) is 24.9 Å². The van der Waals surface area contributed by atoms with Crippen LogP contribution in [0.15, 0.2) is 29.9 Å². The maximum Gasteiger partial charge on any atom is 0.0334 e. The third-order valence-electron chi connectivity index (χ3n) is 3.74. The van der Waals surface area contributed by atoms with Gasteiger partial charge >= 0.3 is 0 Å². The van der Waals surface area contributed by atoms with Crippen molar-refractivity contribution < 1.29 is 0 Å². The van der Waals surface area contributed by atoms with Gasteiger partial charge < -0.3 is 5.32 Å². The molecule has 0 aromatic carbocycles. The number of hydrogen-bond acceptors (Lipinski definition) is 3. The summed E-state index contributed by atoms with van der Waals surface area (Å²) in [6, 6.07) is 4.89. The van der Waals surface area contributed by atoms with E-state index in [1.54, 1.807) is 4.88 Å². The Hall–Kier alpha value is -1.19. The van der Waals surface area contributed by atoms with E-state index < -0.39 is 0 Å². The molecule has 0 bridgehead atoms. The van der Waals surface area contributed by atoms with E-state index in [0.717, 1.165) is 6.54 Å². The Bertz CT molecular complexity index is 533. The molecule has 1 N–H and O–H groups in total. The van der Waals surface area contributed by atoms with Gasteiger partial charge in [-0.1, -0.05) is 0 Å². The summed E-state index contributed by atoms with van der Waals surface area (Å²) in [4.78, 5) is 5.78. The lowest BCUT2D eigenvalue weighted by Gasteiger charge is -2.24. The second-order valence-corrected chi connectivity index (χ2v) is 5.93. The van der Waals surface area contributed by atoms with Crippen LogP contribution in [0.25, 0.3) is 0 Å². The first-order chi connectivity index (χ1) is 8.84. The van der Waals surface area contributed by atoms with Crippen molar-refractivity contribution in [2.45, 2.75) is 38.8 Å². The van der Waals surface area contributed by atoms with Crippen LogP contribution in [0, 0.1) is 6.92 Å². The summed E-state index contributed by atoms with van der Waals surface area (Å²) in [5, 5.41) is 5.91. The van der Waals surface area contributed by atoms with Crippen LogP contribution < -0.4 is 5.32 Å². The van der Waals surface area contributed by atoms with Gasteiger partial charge in [0, 0.05) is 29.9 Å². The molecule has 1 unspecified atom stereocenters. The summed E-state index contributed by atoms with van der Waals surface area (Å²) in [5.41, 5.74) is 4.14. The highest BCUT2D eigenvalue weighted by atomic mass is 32.1. The number of nitrogens with zero attached hydrogens (tertiary/aromatic N) is 1. The molecule has 0 radical (unpaired) electrons. The van der Waals surface area contributed by atoms with Crippen molar-refractivity contribution in [2.75, 3.05) is 0 Å². The molecule has 0 aliphatic heterocycles. The molecule has 2 aromatic rings. The lowest BCUT2D eigenvalue weighted by Crippen LogP contribution is -2.24. The Morgan fingerprint density at radius 2 is 2.39 bits per heavy atom. The average Bonchev–Trinajstić information content (AvgIpc) is 2.86. The average molecular weight is 258 g/mol. The number of nitrogens with one attached hydrogen (secondary N) is 1. The Morgan fingerprint density at radius 3 is 3.28 bits per heavy atom. The minimum Gasteiger partial charge on any atom is -0.306 e. The molecule has 0 spiro atoms. The minimum absolute atomic E-state index is 0.527. The molecule has 2 heterocycles. The molecule has 1 aliphatic carbocycles. The Balaban J connectivity index is 1.71. The van der Waals surface area contributed by atoms with Gasteiger partial charge in [0.2, 0.25) is 0 Å². The van der Waals surface area contributed by atoms with E-state index in [1.165, 1.54) is 36.0 Å². The van der Waals surface area contributed by atoms with Gasteiger partial charge in [-0.25, -0.2) is 0 Å². The van der Waals surface area contributed by atoms with Gasteiger partial charge in [-0.15, -0.1) is 11.3 Å². The fraction of sp³-hybridized carbons (Fsp3) is 0.400. The first kappa shape index (κ1) is 11.9. The van der Waals surface area contributed by atoms with Crippen molar-refractivity contribution in [3.8, 4) is 0 Å². The first-order valence-electron chi connectivity index (χ1n) is 6.54. The van der Waals surface area contributed by atoms with Crippen molar-refractivity contribution in [2.24, 2.45) is 0 Å². The Morgan fingerprint density at radius 1 is 1.44 bits per heavy atom. The fourth-order valence-electron chi connectivity index (χ4n) is 2.61. The van der Waals surface area contributed by atoms with E-state index in [-0.39, 0.29) is 0 Å². The summed E-state index contributed by atoms with van der Waals surface area (Å²) in [7, 11) is 0. The maximum absolute atomic E-state index is 4.21. The van der Waals surface area contributed by atoms with Crippen LogP contribution in [0.1, 0.15) is 40.5 Å². The van der Waals surface area contributed by atoms with Crippen molar-refractivity contribution in [1.29, 1.82) is 0 Å². The zero-order valence-corrected chi connectivity index (χ0v) is 11.5. The molecule has 0 fully saturated rings. The number of hydrogen-bond donors (Lipinski definition) is 1. The normalized spacial score (nSPS) is 18.6. The number of rotatable bonds is 3. The van der Waals surface area contributed by atoms with Gasteiger partial charge in [0.05, 0.1) is 0 Å². The summed E-state index contributed by atoms with van der Waals surface area (Å²) in [6.45, 7) is 3.06. The predicted octanol–water partition coefficient (Wildman–Crippen LogP) is 3.62. The van der Waals surface area contributed by atoms with Crippen LogP contribution in [-0.4, -0.2) is 4.98 Å². The first-order valence-corrected chi connectivity index (χ1v) is 7.41. The lowest BCUT2D eigenvalue weighted by molar-refractivity contribution is 0.462. The molecular formula is C15H18N2S. The molecule has 0 saturated carbocycles. The van der Waals surface area contributed by atoms with Gasteiger partial charge in [-0.3, -0.25) is 4.98 Å². The molecule has 0 amide bonds. The van der Waals surface area contributed by atoms with Crippen LogP contribution in [0.5, 0.6) is 0 Å². The van der Waals surface area contributed by atoms with Gasteiger partial charge in [0.25, 0.3) is 0 Å². The molecule has 3 rings (SSSR count). The highest BCUT2D eigenvalue weighted by Gasteiger charge is 2.20. The van der Waals surface area contributed by atoms with Gasteiger partial charge in [-0.2, -0.15) is 0 Å². The van der Waals surface area contributed by atoms with Crippen molar-refractivity contribution in [3.63, 3.8) is 0 Å². The van der Waals surface area contributed by atoms with Crippen LogP contribution in [0.2, 0.25) is 0 Å². The van der Waals surface area contributed by atoms with E-state index >= 15 is 0 Å². The SMILES string of the molecule is Cc1ccncc1CNC1CCCc2sccc21. The number of aromatic nitrogens is 1. The largest absolute Gasteiger partial charge is 0.306 e. The zero-order chi connectivity index (χ0) is 12.4. The van der Waals surface area contributed by atoms with E-state index in [1.807, 2.05) is 23.7 Å².